The molecule has 0 bridgehead atoms. The average molecular weight is 314 g/mol. The molecule has 1 aliphatic carbocycles. The molecular weight excluding hydrogens is 292 g/mol. The normalized spacial score (nSPS) is 20.4. The summed E-state index contributed by atoms with van der Waals surface area (Å²) in [5.41, 5.74) is 1.84. The lowest BCUT2D eigenvalue weighted by Gasteiger charge is -2.15. The van der Waals surface area contributed by atoms with Gasteiger partial charge in [0, 0.05) is 24.2 Å². The Morgan fingerprint density at radius 2 is 2.13 bits per heavy atom. The monoisotopic (exact) mass is 314 g/mol. The second-order valence-electron chi connectivity index (χ2n) is 6.03. The maximum Gasteiger partial charge on any atom is 0.320 e. The highest BCUT2D eigenvalue weighted by Crippen LogP contribution is 2.24. The zero-order valence-electron chi connectivity index (χ0n) is 13.2. The van der Waals surface area contributed by atoms with Crippen molar-refractivity contribution in [2.45, 2.75) is 32.3 Å². The molecular formula is C17H22N4O2. The number of carbonyl (C=O) groups is 1. The highest BCUT2D eigenvalue weighted by atomic mass is 16.3. The van der Waals surface area contributed by atoms with Gasteiger partial charge in [0.25, 0.3) is 0 Å². The van der Waals surface area contributed by atoms with Crippen molar-refractivity contribution in [2.24, 2.45) is 5.92 Å². The van der Waals surface area contributed by atoms with E-state index in [1.165, 1.54) is 0 Å². The molecule has 0 radical (unpaired) electrons. The maximum absolute atomic E-state index is 12.0. The summed E-state index contributed by atoms with van der Waals surface area (Å²) in [6, 6.07) is 9.46. The Kier molecular flexibility index (Phi) is 4.62. The molecule has 1 aromatic heterocycles. The lowest BCUT2D eigenvalue weighted by atomic mass is 10.1. The van der Waals surface area contributed by atoms with E-state index in [1.807, 2.05) is 43.5 Å². The predicted molar refractivity (Wildman–Crippen MR) is 88.7 cm³/mol. The lowest BCUT2D eigenvalue weighted by Crippen LogP contribution is -2.35. The highest BCUT2D eigenvalue weighted by molar-refractivity contribution is 5.88. The van der Waals surface area contributed by atoms with Crippen molar-refractivity contribution in [3.8, 4) is 5.69 Å². The van der Waals surface area contributed by atoms with Crippen LogP contribution in [0.4, 0.5) is 10.6 Å². The van der Waals surface area contributed by atoms with Crippen LogP contribution in [0, 0.1) is 12.8 Å². The van der Waals surface area contributed by atoms with Crippen LogP contribution >= 0.6 is 0 Å². The molecule has 23 heavy (non-hydrogen) atoms. The van der Waals surface area contributed by atoms with Crippen LogP contribution in [0.2, 0.25) is 0 Å². The van der Waals surface area contributed by atoms with Gasteiger partial charge in [-0.15, -0.1) is 5.10 Å². The highest BCUT2D eigenvalue weighted by Gasteiger charge is 2.25. The average Bonchev–Trinajstić information content (AvgIpc) is 3.12. The van der Waals surface area contributed by atoms with Crippen molar-refractivity contribution in [1.82, 2.24) is 15.1 Å². The Morgan fingerprint density at radius 3 is 2.83 bits per heavy atom. The quantitative estimate of drug-likeness (QED) is 0.811. The summed E-state index contributed by atoms with van der Waals surface area (Å²) in [6.45, 7) is 2.40. The molecule has 2 aromatic rings. The molecule has 1 aliphatic rings. The van der Waals surface area contributed by atoms with Gasteiger partial charge in [-0.05, 0) is 31.9 Å². The Labute approximate surface area is 135 Å². The molecule has 1 heterocycles. The van der Waals surface area contributed by atoms with Gasteiger partial charge < -0.3 is 10.4 Å². The number of rotatable bonds is 4. The van der Waals surface area contributed by atoms with Gasteiger partial charge in [0.2, 0.25) is 0 Å². The summed E-state index contributed by atoms with van der Waals surface area (Å²) < 4.78 is 1.74. The summed E-state index contributed by atoms with van der Waals surface area (Å²) in [7, 11) is 0. The third kappa shape index (κ3) is 3.71. The van der Waals surface area contributed by atoms with Crippen molar-refractivity contribution in [1.29, 1.82) is 0 Å². The first-order chi connectivity index (χ1) is 11.1. The first-order valence-electron chi connectivity index (χ1n) is 7.98. The molecule has 6 heteroatoms. The van der Waals surface area contributed by atoms with E-state index in [2.05, 4.69) is 15.7 Å². The number of carbonyl (C=O) groups excluding carboxylic acids is 1. The zero-order valence-corrected chi connectivity index (χ0v) is 13.2. The van der Waals surface area contributed by atoms with Crippen LogP contribution in [-0.2, 0) is 0 Å². The number of nitrogens with zero attached hydrogens (tertiary/aromatic N) is 2. The van der Waals surface area contributed by atoms with Gasteiger partial charge in [-0.2, -0.15) is 0 Å². The van der Waals surface area contributed by atoms with E-state index in [4.69, 9.17) is 0 Å². The Bertz CT molecular complexity index is 668. The predicted octanol–water partition coefficient (Wildman–Crippen LogP) is 2.46. The third-order valence-electron chi connectivity index (χ3n) is 4.29. The molecule has 1 fully saturated rings. The number of aryl methyl sites for hydroxylation is 1. The van der Waals surface area contributed by atoms with Crippen molar-refractivity contribution in [3.05, 3.63) is 42.1 Å². The Balaban J connectivity index is 1.59. The van der Waals surface area contributed by atoms with Gasteiger partial charge >= 0.3 is 6.03 Å². The van der Waals surface area contributed by atoms with Crippen molar-refractivity contribution in [3.63, 3.8) is 0 Å². The zero-order chi connectivity index (χ0) is 16.2. The molecule has 0 unspecified atom stereocenters. The lowest BCUT2D eigenvalue weighted by molar-refractivity contribution is 0.133. The van der Waals surface area contributed by atoms with Crippen LogP contribution in [0.15, 0.2) is 36.5 Å². The first kappa shape index (κ1) is 15.6. The minimum Gasteiger partial charge on any atom is -0.393 e. The number of aliphatic hydroxyl groups excluding tert-OH is 1. The summed E-state index contributed by atoms with van der Waals surface area (Å²) in [5.74, 6) is 0.696. The van der Waals surface area contributed by atoms with Crippen LogP contribution in [0.5, 0.6) is 0 Å². The summed E-state index contributed by atoms with van der Waals surface area (Å²) in [4.78, 5) is 12.0. The van der Waals surface area contributed by atoms with E-state index < -0.39 is 0 Å². The van der Waals surface area contributed by atoms with Gasteiger partial charge in [-0.3, -0.25) is 5.32 Å². The number of aromatic nitrogens is 2. The standard InChI is InChI=1S/C17H22N4O2/c1-12-11-21(14-7-3-2-4-8-14)20-16(12)19-17(23)18-10-13-6-5-9-15(13)22/h2-4,7-8,11,13,15,22H,5-6,9-10H2,1H3,(H2,18,19,20,23)/t13-,15+/m1/s1. The minimum atomic E-state index is -0.297. The summed E-state index contributed by atoms with van der Waals surface area (Å²) >= 11 is 0. The van der Waals surface area contributed by atoms with Gasteiger partial charge in [-0.1, -0.05) is 24.6 Å². The van der Waals surface area contributed by atoms with Crippen LogP contribution in [-0.4, -0.2) is 33.6 Å². The number of amides is 2. The maximum atomic E-state index is 12.0. The van der Waals surface area contributed by atoms with Crippen molar-refractivity contribution >= 4 is 11.8 Å². The Morgan fingerprint density at radius 1 is 1.35 bits per heavy atom. The van der Waals surface area contributed by atoms with E-state index in [-0.39, 0.29) is 18.1 Å². The fraction of sp³-hybridized carbons (Fsp3) is 0.412. The number of aliphatic hydroxyl groups is 1. The van der Waals surface area contributed by atoms with Gasteiger partial charge in [-0.25, -0.2) is 9.48 Å². The number of nitrogens with one attached hydrogen (secondary N) is 2. The van der Waals surface area contributed by atoms with Gasteiger partial charge in [0.1, 0.15) is 0 Å². The first-order valence-corrected chi connectivity index (χ1v) is 7.98. The smallest absolute Gasteiger partial charge is 0.320 e. The van der Waals surface area contributed by atoms with E-state index in [0.717, 1.165) is 30.5 Å². The van der Waals surface area contributed by atoms with Crippen molar-refractivity contribution in [2.75, 3.05) is 11.9 Å². The van der Waals surface area contributed by atoms with Crippen LogP contribution in [0.3, 0.4) is 0 Å². The topological polar surface area (TPSA) is 79.2 Å². The molecule has 1 saturated carbocycles. The number of hydrogen-bond donors (Lipinski definition) is 3. The van der Waals surface area contributed by atoms with E-state index in [0.29, 0.717) is 12.4 Å². The molecule has 3 rings (SSSR count). The fourth-order valence-corrected chi connectivity index (χ4v) is 2.93. The van der Waals surface area contributed by atoms with E-state index in [1.54, 1.807) is 4.68 Å². The van der Waals surface area contributed by atoms with Crippen LogP contribution in [0.1, 0.15) is 24.8 Å². The number of para-hydroxylation sites is 1. The molecule has 6 nitrogen and oxygen atoms in total. The minimum absolute atomic E-state index is 0.156. The van der Waals surface area contributed by atoms with E-state index in [9.17, 15) is 9.90 Å². The summed E-state index contributed by atoms with van der Waals surface area (Å²) in [5, 5.41) is 19.8. The van der Waals surface area contributed by atoms with Crippen LogP contribution in [0.25, 0.3) is 5.69 Å². The molecule has 122 valence electrons. The summed E-state index contributed by atoms with van der Waals surface area (Å²) in [6.07, 6.45) is 4.40. The van der Waals surface area contributed by atoms with Crippen molar-refractivity contribution < 1.29 is 9.90 Å². The number of hydrogen-bond acceptors (Lipinski definition) is 3. The second kappa shape index (κ2) is 6.83. The molecule has 3 N–H and O–H groups in total. The third-order valence-corrected chi connectivity index (χ3v) is 4.29. The fourth-order valence-electron chi connectivity index (χ4n) is 2.93. The molecule has 2 amide bonds. The number of benzene rings is 1. The van der Waals surface area contributed by atoms with E-state index >= 15 is 0 Å². The Hall–Kier alpha value is -2.34. The van der Waals surface area contributed by atoms with Crippen LogP contribution < -0.4 is 10.6 Å². The molecule has 1 aromatic carbocycles. The number of urea groups is 1. The van der Waals surface area contributed by atoms with Gasteiger partial charge in [0.05, 0.1) is 11.8 Å². The SMILES string of the molecule is Cc1cn(-c2ccccc2)nc1NC(=O)NC[C@H]1CCC[C@@H]1O. The number of anilines is 1. The van der Waals surface area contributed by atoms with Gasteiger partial charge in [0.15, 0.2) is 5.82 Å². The second-order valence-corrected chi connectivity index (χ2v) is 6.03. The molecule has 2 atom stereocenters. The molecule has 0 spiro atoms. The molecule has 0 saturated heterocycles. The largest absolute Gasteiger partial charge is 0.393 e. The molecule has 0 aliphatic heterocycles.